The van der Waals surface area contributed by atoms with E-state index in [2.05, 4.69) is 10.6 Å². The van der Waals surface area contributed by atoms with E-state index in [9.17, 15) is 9.18 Å². The Kier molecular flexibility index (Phi) is 6.59. The number of halogens is 1. The Bertz CT molecular complexity index is 724. The van der Waals surface area contributed by atoms with Crippen LogP contribution in [0.2, 0.25) is 0 Å². The van der Waals surface area contributed by atoms with Gasteiger partial charge in [-0.2, -0.15) is 0 Å². The van der Waals surface area contributed by atoms with E-state index in [0.29, 0.717) is 22.7 Å². The first-order chi connectivity index (χ1) is 12.1. The van der Waals surface area contributed by atoms with Crippen LogP contribution in [0.5, 0.6) is 11.5 Å². The van der Waals surface area contributed by atoms with Crippen LogP contribution >= 0.6 is 0 Å². The van der Waals surface area contributed by atoms with E-state index < -0.39 is 12.1 Å². The van der Waals surface area contributed by atoms with E-state index in [1.54, 1.807) is 37.4 Å². The predicted molar refractivity (Wildman–Crippen MR) is 92.7 cm³/mol. The van der Waals surface area contributed by atoms with Gasteiger partial charge >= 0.3 is 6.03 Å². The molecule has 7 heteroatoms. The zero-order chi connectivity index (χ0) is 18.2. The molecule has 0 spiro atoms. The summed E-state index contributed by atoms with van der Waals surface area (Å²) in [6.45, 7) is 0.185. The second-order valence-electron chi connectivity index (χ2n) is 5.18. The molecule has 25 heavy (non-hydrogen) atoms. The van der Waals surface area contributed by atoms with Crippen molar-refractivity contribution in [1.82, 2.24) is 5.32 Å². The van der Waals surface area contributed by atoms with E-state index in [-0.39, 0.29) is 12.4 Å². The molecule has 0 bridgehead atoms. The number of carbonyl (C=O) groups is 1. The zero-order valence-electron chi connectivity index (χ0n) is 14.3. The molecule has 2 aromatic rings. The molecule has 0 aromatic heterocycles. The summed E-state index contributed by atoms with van der Waals surface area (Å²) in [6.07, 6.45) is -0.459. The molecule has 0 radical (unpaired) electrons. The van der Waals surface area contributed by atoms with Crippen LogP contribution in [0.4, 0.5) is 14.9 Å². The Morgan fingerprint density at radius 2 is 1.92 bits per heavy atom. The highest BCUT2D eigenvalue weighted by atomic mass is 19.1. The van der Waals surface area contributed by atoms with Crippen molar-refractivity contribution in [2.45, 2.75) is 6.10 Å². The second-order valence-corrected chi connectivity index (χ2v) is 5.18. The lowest BCUT2D eigenvalue weighted by Crippen LogP contribution is -2.33. The van der Waals surface area contributed by atoms with Crippen molar-refractivity contribution in [2.24, 2.45) is 0 Å². The molecule has 0 heterocycles. The maximum atomic E-state index is 13.3. The maximum absolute atomic E-state index is 13.3. The fraction of sp³-hybridized carbons (Fsp3) is 0.278. The van der Waals surface area contributed by atoms with Gasteiger partial charge in [-0.05, 0) is 29.8 Å². The number of anilines is 1. The average Bonchev–Trinajstić information content (AvgIpc) is 2.62. The van der Waals surface area contributed by atoms with E-state index >= 15 is 0 Å². The Morgan fingerprint density at radius 3 is 2.56 bits per heavy atom. The molecule has 6 nitrogen and oxygen atoms in total. The molecule has 2 rings (SSSR count). The minimum Gasteiger partial charge on any atom is -0.497 e. The van der Waals surface area contributed by atoms with Crippen LogP contribution in [0.15, 0.2) is 42.5 Å². The number of carbonyl (C=O) groups excluding carboxylic acids is 1. The van der Waals surface area contributed by atoms with Crippen molar-refractivity contribution in [3.63, 3.8) is 0 Å². The molecular formula is C18H21FN2O4. The third kappa shape index (κ3) is 5.09. The summed E-state index contributed by atoms with van der Waals surface area (Å²) in [5.41, 5.74) is 1.14. The number of ether oxygens (including phenoxy) is 3. The van der Waals surface area contributed by atoms with E-state index in [1.807, 2.05) is 0 Å². The van der Waals surface area contributed by atoms with Crippen molar-refractivity contribution >= 4 is 11.7 Å². The topological polar surface area (TPSA) is 68.8 Å². The van der Waals surface area contributed by atoms with E-state index in [0.717, 1.165) is 0 Å². The monoisotopic (exact) mass is 348 g/mol. The summed E-state index contributed by atoms with van der Waals surface area (Å²) < 4.78 is 29.0. The Hall–Kier alpha value is -2.80. The molecule has 1 atom stereocenters. The standard InChI is InChI=1S/C18H21FN2O4/c1-23-14-7-8-15(16(10-14)24-2)21-18(22)20-11-17(25-3)12-5-4-6-13(19)9-12/h4-10,17H,11H2,1-3H3,(H2,20,21,22)/t17-/m1/s1. The molecule has 0 aliphatic rings. The van der Waals surface area contributed by atoms with Gasteiger partial charge in [-0.25, -0.2) is 9.18 Å². The van der Waals surface area contributed by atoms with Gasteiger partial charge < -0.3 is 24.8 Å². The largest absolute Gasteiger partial charge is 0.497 e. The molecule has 134 valence electrons. The summed E-state index contributed by atoms with van der Waals surface area (Å²) in [6, 6.07) is 10.7. The van der Waals surface area contributed by atoms with Crippen LogP contribution in [0.3, 0.4) is 0 Å². The molecule has 0 saturated heterocycles. The van der Waals surface area contributed by atoms with Crippen molar-refractivity contribution in [3.05, 3.63) is 53.8 Å². The average molecular weight is 348 g/mol. The van der Waals surface area contributed by atoms with Crippen molar-refractivity contribution < 1.29 is 23.4 Å². The summed E-state index contributed by atoms with van der Waals surface area (Å²) >= 11 is 0. The molecule has 2 aromatic carbocycles. The van der Waals surface area contributed by atoms with Crippen molar-refractivity contribution in [2.75, 3.05) is 33.2 Å². The van der Waals surface area contributed by atoms with Crippen LogP contribution in [-0.4, -0.2) is 33.9 Å². The molecular weight excluding hydrogens is 327 g/mol. The number of urea groups is 1. The van der Waals surface area contributed by atoms with Gasteiger partial charge in [0.05, 0.1) is 26.0 Å². The first-order valence-electron chi connectivity index (χ1n) is 7.62. The highest BCUT2D eigenvalue weighted by molar-refractivity contribution is 5.91. The molecule has 2 amide bonds. The minimum absolute atomic E-state index is 0.185. The van der Waals surface area contributed by atoms with Gasteiger partial charge in [0.1, 0.15) is 17.3 Å². The highest BCUT2D eigenvalue weighted by Gasteiger charge is 2.14. The van der Waals surface area contributed by atoms with Crippen LogP contribution < -0.4 is 20.1 Å². The number of amides is 2. The lowest BCUT2D eigenvalue weighted by molar-refractivity contribution is 0.104. The van der Waals surface area contributed by atoms with Crippen LogP contribution in [0.1, 0.15) is 11.7 Å². The molecule has 2 N–H and O–H groups in total. The fourth-order valence-electron chi connectivity index (χ4n) is 2.30. The summed E-state index contributed by atoms with van der Waals surface area (Å²) in [7, 11) is 4.55. The number of benzene rings is 2. The van der Waals surface area contributed by atoms with Gasteiger partial charge in [0, 0.05) is 19.7 Å². The number of methoxy groups -OCH3 is 3. The number of hydrogen-bond donors (Lipinski definition) is 2. The molecule has 0 unspecified atom stereocenters. The van der Waals surface area contributed by atoms with Gasteiger partial charge in [0.15, 0.2) is 0 Å². The lowest BCUT2D eigenvalue weighted by atomic mass is 10.1. The predicted octanol–water partition coefficient (Wildman–Crippen LogP) is 3.35. The number of hydrogen-bond acceptors (Lipinski definition) is 4. The minimum atomic E-state index is -0.459. The molecule has 0 aliphatic heterocycles. The number of rotatable bonds is 7. The smallest absolute Gasteiger partial charge is 0.319 e. The lowest BCUT2D eigenvalue weighted by Gasteiger charge is -2.17. The Labute approximate surface area is 145 Å². The quantitative estimate of drug-likeness (QED) is 0.805. The Morgan fingerprint density at radius 1 is 1.12 bits per heavy atom. The van der Waals surface area contributed by atoms with E-state index in [4.69, 9.17) is 14.2 Å². The maximum Gasteiger partial charge on any atom is 0.319 e. The summed E-state index contributed by atoms with van der Waals surface area (Å²) in [5, 5.41) is 5.39. The second kappa shape index (κ2) is 8.89. The van der Waals surface area contributed by atoms with Crippen molar-refractivity contribution in [3.8, 4) is 11.5 Å². The highest BCUT2D eigenvalue weighted by Crippen LogP contribution is 2.28. The third-order valence-electron chi connectivity index (χ3n) is 3.61. The molecule has 0 saturated carbocycles. The Balaban J connectivity index is 1.98. The SMILES string of the molecule is COc1ccc(NC(=O)NC[C@@H](OC)c2cccc(F)c2)c(OC)c1. The van der Waals surface area contributed by atoms with Crippen LogP contribution in [0.25, 0.3) is 0 Å². The normalized spacial score (nSPS) is 11.5. The summed E-state index contributed by atoms with van der Waals surface area (Å²) in [4.78, 5) is 12.1. The van der Waals surface area contributed by atoms with E-state index in [1.165, 1.54) is 26.4 Å². The molecule has 0 aliphatic carbocycles. The third-order valence-corrected chi connectivity index (χ3v) is 3.61. The summed E-state index contributed by atoms with van der Waals surface area (Å²) in [5.74, 6) is 0.739. The van der Waals surface area contributed by atoms with Gasteiger partial charge in [0.25, 0.3) is 0 Å². The van der Waals surface area contributed by atoms with Gasteiger partial charge in [0.2, 0.25) is 0 Å². The molecule has 0 fully saturated rings. The first-order valence-corrected chi connectivity index (χ1v) is 7.62. The first kappa shape index (κ1) is 18.5. The van der Waals surface area contributed by atoms with Gasteiger partial charge in [-0.15, -0.1) is 0 Å². The van der Waals surface area contributed by atoms with Crippen molar-refractivity contribution in [1.29, 1.82) is 0 Å². The van der Waals surface area contributed by atoms with Gasteiger partial charge in [-0.1, -0.05) is 12.1 Å². The van der Waals surface area contributed by atoms with Crippen LogP contribution in [0, 0.1) is 5.82 Å². The van der Waals surface area contributed by atoms with Gasteiger partial charge in [-0.3, -0.25) is 0 Å². The zero-order valence-corrected chi connectivity index (χ0v) is 14.3. The fourth-order valence-corrected chi connectivity index (χ4v) is 2.30. The number of nitrogens with one attached hydrogen (secondary N) is 2. The van der Waals surface area contributed by atoms with Crippen LogP contribution in [-0.2, 0) is 4.74 Å².